The molecule has 2 atom stereocenters. The van der Waals surface area contributed by atoms with E-state index in [-0.39, 0.29) is 17.9 Å². The van der Waals surface area contributed by atoms with Crippen molar-refractivity contribution in [1.29, 1.82) is 0 Å². The highest BCUT2D eigenvalue weighted by molar-refractivity contribution is 5.84. The van der Waals surface area contributed by atoms with Crippen molar-refractivity contribution in [2.75, 3.05) is 6.54 Å². The van der Waals surface area contributed by atoms with Gasteiger partial charge in [-0.25, -0.2) is 0 Å². The highest BCUT2D eigenvalue weighted by atomic mass is 16.1. The quantitative estimate of drug-likeness (QED) is 0.710. The molecule has 3 rings (SSSR count). The number of rotatable bonds is 1. The Bertz CT molecular complexity index is 575. The predicted octanol–water partition coefficient (Wildman–Crippen LogP) is 1.49. The Morgan fingerprint density at radius 2 is 2.11 bits per heavy atom. The largest absolute Gasteiger partial charge is 0.361 e. The standard InChI is InChI=1S/C14H17N3O/c15-12-5-6-14(18)17-8-11(12)10-7-16-13-4-2-1-3-9(10)13/h1-4,7,11-12,16H,5-6,8,15H2,(H,17,18). The number of benzene rings is 1. The van der Waals surface area contributed by atoms with Crippen LogP contribution in [0.4, 0.5) is 0 Å². The summed E-state index contributed by atoms with van der Waals surface area (Å²) in [6, 6.07) is 8.22. The monoisotopic (exact) mass is 243 g/mol. The second-order valence-corrected chi connectivity index (χ2v) is 4.90. The van der Waals surface area contributed by atoms with Gasteiger partial charge in [0.15, 0.2) is 0 Å². The third-order valence-electron chi connectivity index (χ3n) is 3.76. The minimum atomic E-state index is 0.0307. The van der Waals surface area contributed by atoms with Gasteiger partial charge in [-0.05, 0) is 18.1 Å². The topological polar surface area (TPSA) is 70.9 Å². The molecule has 1 amide bonds. The van der Waals surface area contributed by atoms with Crippen molar-refractivity contribution in [2.24, 2.45) is 5.73 Å². The first-order valence-electron chi connectivity index (χ1n) is 6.34. The van der Waals surface area contributed by atoms with Crippen LogP contribution in [-0.4, -0.2) is 23.5 Å². The molecule has 1 saturated heterocycles. The summed E-state index contributed by atoms with van der Waals surface area (Å²) in [7, 11) is 0. The fourth-order valence-corrected chi connectivity index (χ4v) is 2.70. The molecule has 0 bridgehead atoms. The fraction of sp³-hybridized carbons (Fsp3) is 0.357. The molecule has 18 heavy (non-hydrogen) atoms. The molecule has 1 aromatic carbocycles. The number of aromatic nitrogens is 1. The maximum Gasteiger partial charge on any atom is 0.220 e. The van der Waals surface area contributed by atoms with Crippen molar-refractivity contribution in [3.63, 3.8) is 0 Å². The lowest BCUT2D eigenvalue weighted by molar-refractivity contribution is -0.120. The minimum absolute atomic E-state index is 0.0307. The van der Waals surface area contributed by atoms with Crippen molar-refractivity contribution < 1.29 is 4.79 Å². The van der Waals surface area contributed by atoms with E-state index in [2.05, 4.69) is 22.4 Å². The van der Waals surface area contributed by atoms with Gasteiger partial charge in [-0.2, -0.15) is 0 Å². The average molecular weight is 243 g/mol. The average Bonchev–Trinajstić information content (AvgIpc) is 2.73. The van der Waals surface area contributed by atoms with Crippen molar-refractivity contribution in [1.82, 2.24) is 10.3 Å². The summed E-state index contributed by atoms with van der Waals surface area (Å²) in [6.45, 7) is 0.627. The Hall–Kier alpha value is -1.81. The predicted molar refractivity (Wildman–Crippen MR) is 71.3 cm³/mol. The van der Waals surface area contributed by atoms with Gasteiger partial charge in [-0.3, -0.25) is 4.79 Å². The Morgan fingerprint density at radius 1 is 1.28 bits per heavy atom. The first-order valence-corrected chi connectivity index (χ1v) is 6.34. The van der Waals surface area contributed by atoms with Crippen LogP contribution in [0.5, 0.6) is 0 Å². The highest BCUT2D eigenvalue weighted by Gasteiger charge is 2.26. The fourth-order valence-electron chi connectivity index (χ4n) is 2.70. The molecule has 0 saturated carbocycles. The van der Waals surface area contributed by atoms with Gasteiger partial charge in [-0.1, -0.05) is 18.2 Å². The molecule has 2 unspecified atom stereocenters. The maximum atomic E-state index is 11.4. The van der Waals surface area contributed by atoms with Gasteiger partial charge in [0.2, 0.25) is 5.91 Å². The van der Waals surface area contributed by atoms with Gasteiger partial charge in [0.05, 0.1) is 0 Å². The van der Waals surface area contributed by atoms with Crippen LogP contribution in [0.15, 0.2) is 30.5 Å². The van der Waals surface area contributed by atoms with Gasteiger partial charge >= 0.3 is 0 Å². The molecule has 1 aliphatic rings. The van der Waals surface area contributed by atoms with E-state index in [0.717, 1.165) is 11.9 Å². The first-order chi connectivity index (χ1) is 8.75. The molecule has 4 N–H and O–H groups in total. The Balaban J connectivity index is 2.00. The summed E-state index contributed by atoms with van der Waals surface area (Å²) >= 11 is 0. The molecule has 1 aliphatic heterocycles. The third-order valence-corrected chi connectivity index (χ3v) is 3.76. The molecule has 94 valence electrons. The number of hydrogen-bond donors (Lipinski definition) is 3. The molecule has 4 heteroatoms. The van der Waals surface area contributed by atoms with E-state index in [1.807, 2.05) is 18.3 Å². The van der Waals surface area contributed by atoms with E-state index >= 15 is 0 Å². The summed E-state index contributed by atoms with van der Waals surface area (Å²) in [5.41, 5.74) is 8.55. The first kappa shape index (κ1) is 11.3. The zero-order valence-electron chi connectivity index (χ0n) is 10.1. The van der Waals surface area contributed by atoms with Crippen molar-refractivity contribution in [3.8, 4) is 0 Å². The number of H-pyrrole nitrogens is 1. The number of carbonyl (C=O) groups is 1. The van der Waals surface area contributed by atoms with Crippen LogP contribution >= 0.6 is 0 Å². The summed E-state index contributed by atoms with van der Waals surface area (Å²) in [4.78, 5) is 14.7. The van der Waals surface area contributed by atoms with Crippen LogP contribution in [-0.2, 0) is 4.79 Å². The summed E-state index contributed by atoms with van der Waals surface area (Å²) in [5.74, 6) is 0.292. The van der Waals surface area contributed by atoms with Crippen molar-refractivity contribution in [3.05, 3.63) is 36.0 Å². The number of nitrogens with one attached hydrogen (secondary N) is 2. The van der Waals surface area contributed by atoms with E-state index in [4.69, 9.17) is 5.73 Å². The van der Waals surface area contributed by atoms with E-state index in [0.29, 0.717) is 13.0 Å². The molecule has 1 fully saturated rings. The molecular weight excluding hydrogens is 226 g/mol. The zero-order chi connectivity index (χ0) is 12.5. The van der Waals surface area contributed by atoms with Crippen LogP contribution < -0.4 is 11.1 Å². The minimum Gasteiger partial charge on any atom is -0.361 e. The smallest absolute Gasteiger partial charge is 0.220 e. The number of aromatic amines is 1. The number of carbonyl (C=O) groups excluding carboxylic acids is 1. The van der Waals surface area contributed by atoms with Gasteiger partial charge in [0.25, 0.3) is 0 Å². The van der Waals surface area contributed by atoms with E-state index in [1.165, 1.54) is 10.9 Å². The number of fused-ring (bicyclic) bond motifs is 1. The summed E-state index contributed by atoms with van der Waals surface area (Å²) < 4.78 is 0. The molecule has 2 heterocycles. The highest BCUT2D eigenvalue weighted by Crippen LogP contribution is 2.29. The number of amides is 1. The zero-order valence-corrected chi connectivity index (χ0v) is 10.1. The van der Waals surface area contributed by atoms with E-state index in [1.54, 1.807) is 0 Å². The lowest BCUT2D eigenvalue weighted by Crippen LogP contribution is -2.32. The number of para-hydroxylation sites is 1. The van der Waals surface area contributed by atoms with Gasteiger partial charge < -0.3 is 16.0 Å². The lowest BCUT2D eigenvalue weighted by Gasteiger charge is -2.20. The van der Waals surface area contributed by atoms with Crippen molar-refractivity contribution in [2.45, 2.75) is 24.8 Å². The van der Waals surface area contributed by atoms with E-state index in [9.17, 15) is 4.79 Å². The summed E-state index contributed by atoms with van der Waals surface area (Å²) in [6.07, 6.45) is 3.29. The lowest BCUT2D eigenvalue weighted by atomic mass is 9.90. The summed E-state index contributed by atoms with van der Waals surface area (Å²) in [5, 5.41) is 4.15. The Morgan fingerprint density at radius 3 is 3.00 bits per heavy atom. The third kappa shape index (κ3) is 1.88. The second-order valence-electron chi connectivity index (χ2n) is 4.90. The maximum absolute atomic E-state index is 11.4. The SMILES string of the molecule is NC1CCC(=O)NCC1c1c[nH]c2ccccc12. The van der Waals surface area contributed by atoms with Gasteiger partial charge in [-0.15, -0.1) is 0 Å². The second kappa shape index (κ2) is 4.46. The molecule has 2 aromatic rings. The Labute approximate surface area is 106 Å². The van der Waals surface area contributed by atoms with Crippen LogP contribution in [0, 0.1) is 0 Å². The van der Waals surface area contributed by atoms with Crippen LogP contribution in [0.2, 0.25) is 0 Å². The normalized spacial score (nSPS) is 24.8. The molecule has 0 spiro atoms. The molecule has 4 nitrogen and oxygen atoms in total. The van der Waals surface area contributed by atoms with Crippen LogP contribution in [0.3, 0.4) is 0 Å². The van der Waals surface area contributed by atoms with E-state index < -0.39 is 0 Å². The number of hydrogen-bond acceptors (Lipinski definition) is 2. The van der Waals surface area contributed by atoms with Gasteiger partial charge in [0.1, 0.15) is 0 Å². The van der Waals surface area contributed by atoms with Gasteiger partial charge in [0, 0.05) is 42.0 Å². The molecular formula is C14H17N3O. The molecule has 1 aromatic heterocycles. The van der Waals surface area contributed by atoms with Crippen molar-refractivity contribution >= 4 is 16.8 Å². The molecule has 0 radical (unpaired) electrons. The Kier molecular flexibility index (Phi) is 2.80. The number of nitrogens with two attached hydrogens (primary N) is 1. The molecule has 0 aliphatic carbocycles. The van der Waals surface area contributed by atoms with Crippen LogP contribution in [0.25, 0.3) is 10.9 Å². The van der Waals surface area contributed by atoms with Crippen LogP contribution in [0.1, 0.15) is 24.3 Å².